The number of nitrogens with zero attached hydrogens (tertiary/aromatic N) is 3. The van der Waals surface area contributed by atoms with Crippen molar-refractivity contribution < 1.29 is 9.72 Å². The van der Waals surface area contributed by atoms with E-state index in [9.17, 15) is 20.2 Å². The van der Waals surface area contributed by atoms with Crippen molar-refractivity contribution in [2.75, 3.05) is 0 Å². The molecule has 0 saturated carbocycles. The van der Waals surface area contributed by atoms with Crippen LogP contribution in [0.4, 0.5) is 5.69 Å². The highest BCUT2D eigenvalue weighted by Crippen LogP contribution is 2.25. The lowest BCUT2D eigenvalue weighted by molar-refractivity contribution is -0.384. The van der Waals surface area contributed by atoms with Gasteiger partial charge in [0.05, 0.1) is 16.7 Å². The topological polar surface area (TPSA) is 101 Å². The van der Waals surface area contributed by atoms with E-state index in [1.807, 2.05) is 67.8 Å². The van der Waals surface area contributed by atoms with Crippen LogP contribution in [0.1, 0.15) is 35.5 Å². The third-order valence-electron chi connectivity index (χ3n) is 5.08. The Bertz CT molecular complexity index is 1200. The molecule has 0 aliphatic rings. The number of carbonyl (C=O) groups excluding carboxylic acids is 1. The van der Waals surface area contributed by atoms with Gasteiger partial charge in [0.15, 0.2) is 0 Å². The number of non-ortho nitro benzene ring substituents is 1. The van der Waals surface area contributed by atoms with Gasteiger partial charge in [0, 0.05) is 23.5 Å². The highest BCUT2D eigenvalue weighted by atomic mass is 16.6. The standard InChI is InChI=1S/C24H22N4O3/c1-16-12-20(18(3)27(16)22-10-7-11-23(14-22)28(30)31)13-21(15-25)24(29)26-17(2)19-8-5-4-6-9-19/h4-14,17H,1-3H3,(H,26,29)/b21-13-/t17-/m0/s1. The van der Waals surface area contributed by atoms with Gasteiger partial charge in [-0.3, -0.25) is 14.9 Å². The van der Waals surface area contributed by atoms with Gasteiger partial charge < -0.3 is 9.88 Å². The SMILES string of the molecule is Cc1cc(/C=C(/C#N)C(=O)N[C@@H](C)c2ccccc2)c(C)n1-c1cccc([N+](=O)[O-])c1. The molecule has 0 spiro atoms. The molecule has 1 heterocycles. The van der Waals surface area contributed by atoms with Crippen molar-refractivity contribution in [1.29, 1.82) is 5.26 Å². The monoisotopic (exact) mass is 414 g/mol. The van der Waals surface area contributed by atoms with Gasteiger partial charge in [0.2, 0.25) is 0 Å². The summed E-state index contributed by atoms with van der Waals surface area (Å²) in [5.74, 6) is -0.459. The number of hydrogen-bond acceptors (Lipinski definition) is 4. The first-order valence-corrected chi connectivity index (χ1v) is 9.73. The second-order valence-electron chi connectivity index (χ2n) is 7.21. The predicted molar refractivity (Wildman–Crippen MR) is 118 cm³/mol. The van der Waals surface area contributed by atoms with Crippen molar-refractivity contribution >= 4 is 17.7 Å². The summed E-state index contributed by atoms with van der Waals surface area (Å²) in [7, 11) is 0. The molecule has 156 valence electrons. The molecule has 7 nitrogen and oxygen atoms in total. The Morgan fingerprint density at radius 1 is 1.16 bits per heavy atom. The first kappa shape index (κ1) is 21.5. The number of hydrogen-bond donors (Lipinski definition) is 1. The molecule has 7 heteroatoms. The zero-order valence-corrected chi connectivity index (χ0v) is 17.5. The van der Waals surface area contributed by atoms with E-state index in [-0.39, 0.29) is 17.3 Å². The Balaban J connectivity index is 1.91. The Morgan fingerprint density at radius 2 is 1.87 bits per heavy atom. The Labute approximate surface area is 180 Å². The first-order valence-electron chi connectivity index (χ1n) is 9.73. The smallest absolute Gasteiger partial charge is 0.271 e. The van der Waals surface area contributed by atoms with Gasteiger partial charge in [-0.05, 0) is 50.1 Å². The van der Waals surface area contributed by atoms with Crippen LogP contribution < -0.4 is 5.32 Å². The van der Waals surface area contributed by atoms with Crippen LogP contribution in [-0.4, -0.2) is 15.4 Å². The molecule has 0 radical (unpaired) electrons. The first-order chi connectivity index (χ1) is 14.8. The van der Waals surface area contributed by atoms with Gasteiger partial charge in [0.25, 0.3) is 11.6 Å². The fourth-order valence-electron chi connectivity index (χ4n) is 3.48. The van der Waals surface area contributed by atoms with Crippen LogP contribution in [0.3, 0.4) is 0 Å². The minimum atomic E-state index is -0.459. The van der Waals surface area contributed by atoms with Gasteiger partial charge in [0.1, 0.15) is 11.6 Å². The summed E-state index contributed by atoms with van der Waals surface area (Å²) in [5.41, 5.74) is 3.87. The van der Waals surface area contributed by atoms with Crippen molar-refractivity contribution in [1.82, 2.24) is 9.88 Å². The molecular formula is C24H22N4O3. The van der Waals surface area contributed by atoms with Crippen LogP contribution in [0.25, 0.3) is 11.8 Å². The predicted octanol–water partition coefficient (Wildman–Crippen LogP) is 4.79. The number of nitriles is 1. The van der Waals surface area contributed by atoms with Crippen LogP contribution in [0.15, 0.2) is 66.2 Å². The second kappa shape index (κ2) is 9.09. The highest BCUT2D eigenvalue weighted by Gasteiger charge is 2.17. The van der Waals surface area contributed by atoms with Crippen molar-refractivity contribution in [2.24, 2.45) is 0 Å². The lowest BCUT2D eigenvalue weighted by Gasteiger charge is -2.13. The van der Waals surface area contributed by atoms with E-state index in [0.717, 1.165) is 17.0 Å². The Morgan fingerprint density at radius 3 is 2.52 bits per heavy atom. The molecule has 0 aliphatic heterocycles. The fourth-order valence-corrected chi connectivity index (χ4v) is 3.48. The average Bonchev–Trinajstić information content (AvgIpc) is 3.05. The Kier molecular flexibility index (Phi) is 6.32. The minimum Gasteiger partial charge on any atom is -0.345 e. The number of rotatable bonds is 6. The molecule has 3 rings (SSSR count). The van der Waals surface area contributed by atoms with Crippen LogP contribution in [0.2, 0.25) is 0 Å². The van der Waals surface area contributed by atoms with Gasteiger partial charge in [-0.1, -0.05) is 36.4 Å². The summed E-state index contributed by atoms with van der Waals surface area (Å²) < 4.78 is 1.86. The third-order valence-corrected chi connectivity index (χ3v) is 5.08. The van der Waals surface area contributed by atoms with E-state index in [0.29, 0.717) is 11.3 Å². The van der Waals surface area contributed by atoms with E-state index in [4.69, 9.17) is 0 Å². The minimum absolute atomic E-state index is 0.00548. The van der Waals surface area contributed by atoms with Crippen molar-refractivity contribution in [3.05, 3.63) is 98.9 Å². The highest BCUT2D eigenvalue weighted by molar-refractivity contribution is 6.02. The number of amides is 1. The molecule has 2 aromatic carbocycles. The zero-order valence-electron chi connectivity index (χ0n) is 17.5. The number of nitro benzene ring substituents is 1. The quantitative estimate of drug-likeness (QED) is 0.271. The molecule has 0 unspecified atom stereocenters. The molecule has 0 saturated heterocycles. The number of benzene rings is 2. The van der Waals surface area contributed by atoms with Gasteiger partial charge in [-0.2, -0.15) is 5.26 Å². The number of aryl methyl sites for hydroxylation is 1. The fraction of sp³-hybridized carbons (Fsp3) is 0.167. The summed E-state index contributed by atoms with van der Waals surface area (Å²) in [6.07, 6.45) is 1.54. The molecular weight excluding hydrogens is 392 g/mol. The number of carbonyl (C=O) groups is 1. The van der Waals surface area contributed by atoms with Crippen molar-refractivity contribution in [3.8, 4) is 11.8 Å². The number of aromatic nitrogens is 1. The Hall–Kier alpha value is -4.18. The third kappa shape index (κ3) is 4.70. The summed E-state index contributed by atoms with van der Waals surface area (Å²) in [4.78, 5) is 23.3. The average molecular weight is 414 g/mol. The molecule has 1 atom stereocenters. The second-order valence-corrected chi connectivity index (χ2v) is 7.21. The summed E-state index contributed by atoms with van der Waals surface area (Å²) in [5, 5.41) is 23.5. The van der Waals surface area contributed by atoms with Crippen LogP contribution in [0, 0.1) is 35.3 Å². The number of nitro groups is 1. The molecule has 0 fully saturated rings. The maximum atomic E-state index is 12.7. The molecule has 31 heavy (non-hydrogen) atoms. The normalized spacial score (nSPS) is 12.1. The molecule has 1 amide bonds. The van der Waals surface area contributed by atoms with E-state index in [2.05, 4.69) is 5.32 Å². The summed E-state index contributed by atoms with van der Waals surface area (Å²) in [6.45, 7) is 5.57. The van der Waals surface area contributed by atoms with Crippen LogP contribution in [0.5, 0.6) is 0 Å². The summed E-state index contributed by atoms with van der Waals surface area (Å²) in [6, 6.07) is 19.4. The lowest BCUT2D eigenvalue weighted by Crippen LogP contribution is -2.27. The largest absolute Gasteiger partial charge is 0.345 e. The maximum Gasteiger partial charge on any atom is 0.271 e. The van der Waals surface area contributed by atoms with E-state index in [1.165, 1.54) is 12.1 Å². The van der Waals surface area contributed by atoms with E-state index < -0.39 is 10.8 Å². The molecule has 1 N–H and O–H groups in total. The van der Waals surface area contributed by atoms with Crippen LogP contribution >= 0.6 is 0 Å². The molecule has 1 aromatic heterocycles. The van der Waals surface area contributed by atoms with E-state index >= 15 is 0 Å². The lowest BCUT2D eigenvalue weighted by atomic mass is 10.1. The van der Waals surface area contributed by atoms with Crippen molar-refractivity contribution in [3.63, 3.8) is 0 Å². The maximum absolute atomic E-state index is 12.7. The molecule has 0 aliphatic carbocycles. The van der Waals surface area contributed by atoms with Gasteiger partial charge >= 0.3 is 0 Å². The summed E-state index contributed by atoms with van der Waals surface area (Å²) >= 11 is 0. The van der Waals surface area contributed by atoms with E-state index in [1.54, 1.807) is 18.2 Å². The molecule has 3 aromatic rings. The molecule has 0 bridgehead atoms. The van der Waals surface area contributed by atoms with Crippen molar-refractivity contribution in [2.45, 2.75) is 26.8 Å². The zero-order chi connectivity index (χ0) is 22.5. The van der Waals surface area contributed by atoms with Gasteiger partial charge in [-0.15, -0.1) is 0 Å². The van der Waals surface area contributed by atoms with Gasteiger partial charge in [-0.25, -0.2) is 0 Å². The van der Waals surface area contributed by atoms with Crippen LogP contribution in [-0.2, 0) is 4.79 Å². The number of nitrogens with one attached hydrogen (secondary N) is 1.